The van der Waals surface area contributed by atoms with Crippen LogP contribution in [0.5, 0.6) is 0 Å². The van der Waals surface area contributed by atoms with E-state index in [0.717, 1.165) is 44.1 Å². The molecule has 140 valence electrons. The maximum atomic E-state index is 12.6. The van der Waals surface area contributed by atoms with Crippen molar-refractivity contribution in [1.82, 2.24) is 0 Å². The zero-order chi connectivity index (χ0) is 18.6. The van der Waals surface area contributed by atoms with Gasteiger partial charge >= 0.3 is 5.97 Å². The van der Waals surface area contributed by atoms with E-state index in [1.807, 2.05) is 18.2 Å². The maximum absolute atomic E-state index is 12.6. The van der Waals surface area contributed by atoms with Gasteiger partial charge in [-0.25, -0.2) is 0 Å². The van der Waals surface area contributed by atoms with Crippen LogP contribution in [0.1, 0.15) is 36.8 Å². The molecule has 3 aliphatic rings. The Morgan fingerprint density at radius 2 is 1.67 bits per heavy atom. The van der Waals surface area contributed by atoms with E-state index < -0.39 is 0 Å². The molecule has 0 unspecified atom stereocenters. The molecule has 1 heterocycles. The Hall–Kier alpha value is -1.51. The normalized spacial score (nSPS) is 33.9. The van der Waals surface area contributed by atoms with E-state index in [1.54, 1.807) is 6.07 Å². The summed E-state index contributed by atoms with van der Waals surface area (Å²) in [7, 11) is 0. The van der Waals surface area contributed by atoms with Gasteiger partial charge in [-0.15, -0.1) is 0 Å². The summed E-state index contributed by atoms with van der Waals surface area (Å²) in [5.41, 5.74) is 1.86. The Bertz CT molecular complexity index is 897. The highest BCUT2D eigenvalue weighted by molar-refractivity contribution is 6.35. The van der Waals surface area contributed by atoms with Gasteiger partial charge in [0.25, 0.3) is 0 Å². The molecule has 2 aromatic rings. The molecule has 0 radical (unpaired) electrons. The standard InChI is InChI=1S/C23H22Cl2O2/c24-19-7-6-16(20(25)14-19)13-18-9-11-22-10-8-17(23(18,22)27-21(22)26)12-15-4-2-1-3-5-15/h1-7,14,17-18H,8-13H2/t17-,18-,22+,23+/m0/s1. The molecule has 2 saturated carbocycles. The first-order valence-electron chi connectivity index (χ1n) is 9.76. The second-order valence-corrected chi connectivity index (χ2v) is 9.21. The fourth-order valence-electron chi connectivity index (χ4n) is 6.09. The van der Waals surface area contributed by atoms with Crippen molar-refractivity contribution >= 4 is 29.2 Å². The lowest BCUT2D eigenvalue weighted by atomic mass is 9.64. The summed E-state index contributed by atoms with van der Waals surface area (Å²) in [5, 5.41) is 1.36. The van der Waals surface area contributed by atoms with Crippen molar-refractivity contribution in [2.24, 2.45) is 17.3 Å². The Morgan fingerprint density at radius 1 is 0.963 bits per heavy atom. The summed E-state index contributed by atoms with van der Waals surface area (Å²) in [6.45, 7) is 0. The Kier molecular flexibility index (Phi) is 4.07. The topological polar surface area (TPSA) is 26.3 Å². The van der Waals surface area contributed by atoms with Crippen LogP contribution in [0.4, 0.5) is 0 Å². The Balaban J connectivity index is 1.47. The van der Waals surface area contributed by atoms with Crippen LogP contribution in [0.25, 0.3) is 0 Å². The number of esters is 1. The molecule has 4 heteroatoms. The Morgan fingerprint density at radius 3 is 2.33 bits per heavy atom. The highest BCUT2D eigenvalue weighted by Gasteiger charge is 2.79. The molecule has 5 rings (SSSR count). The summed E-state index contributed by atoms with van der Waals surface area (Å²) >= 11 is 12.5. The van der Waals surface area contributed by atoms with Gasteiger partial charge in [-0.05, 0) is 61.8 Å². The fraction of sp³-hybridized carbons (Fsp3) is 0.435. The summed E-state index contributed by atoms with van der Waals surface area (Å²) in [5.74, 6) is 0.740. The zero-order valence-electron chi connectivity index (χ0n) is 15.1. The van der Waals surface area contributed by atoms with Gasteiger partial charge in [0.15, 0.2) is 0 Å². The third-order valence-corrected chi connectivity index (χ3v) is 7.85. The van der Waals surface area contributed by atoms with Gasteiger partial charge in [0, 0.05) is 21.9 Å². The van der Waals surface area contributed by atoms with E-state index in [2.05, 4.69) is 24.3 Å². The molecule has 2 aromatic carbocycles. The summed E-state index contributed by atoms with van der Waals surface area (Å²) < 4.78 is 6.09. The highest BCUT2D eigenvalue weighted by Crippen LogP contribution is 2.71. The molecule has 27 heavy (non-hydrogen) atoms. The van der Waals surface area contributed by atoms with Crippen molar-refractivity contribution in [3.8, 4) is 0 Å². The maximum Gasteiger partial charge on any atom is 0.316 e. The fourth-order valence-corrected chi connectivity index (χ4v) is 6.58. The number of carbonyl (C=O) groups is 1. The van der Waals surface area contributed by atoms with Crippen LogP contribution in [0, 0.1) is 17.3 Å². The number of carbonyl (C=O) groups excluding carboxylic acids is 1. The van der Waals surface area contributed by atoms with Crippen molar-refractivity contribution in [2.75, 3.05) is 0 Å². The molecule has 0 aromatic heterocycles. The first-order valence-corrected chi connectivity index (χ1v) is 10.5. The molecule has 0 amide bonds. The minimum absolute atomic E-state index is 0.0303. The molecule has 2 nitrogen and oxygen atoms in total. The number of rotatable bonds is 4. The molecular formula is C23H22Cl2O2. The van der Waals surface area contributed by atoms with Gasteiger partial charge in [-0.1, -0.05) is 59.6 Å². The molecule has 0 spiro atoms. The molecule has 4 atom stereocenters. The molecule has 0 N–H and O–H groups in total. The van der Waals surface area contributed by atoms with Crippen molar-refractivity contribution in [3.63, 3.8) is 0 Å². The van der Waals surface area contributed by atoms with E-state index in [9.17, 15) is 4.79 Å². The molecule has 1 saturated heterocycles. The van der Waals surface area contributed by atoms with E-state index in [0.29, 0.717) is 21.9 Å². The van der Waals surface area contributed by atoms with E-state index in [1.165, 1.54) is 5.56 Å². The lowest BCUT2D eigenvalue weighted by Crippen LogP contribution is -2.66. The van der Waals surface area contributed by atoms with Gasteiger partial charge < -0.3 is 4.74 Å². The molecular weight excluding hydrogens is 379 g/mol. The average molecular weight is 401 g/mol. The number of ether oxygens (including phenoxy) is 1. The van der Waals surface area contributed by atoms with Crippen LogP contribution < -0.4 is 0 Å². The molecule has 3 fully saturated rings. The third-order valence-electron chi connectivity index (χ3n) is 7.26. The zero-order valence-corrected chi connectivity index (χ0v) is 16.6. The van der Waals surface area contributed by atoms with Gasteiger partial charge in [-0.2, -0.15) is 0 Å². The third kappa shape index (κ3) is 2.42. The monoisotopic (exact) mass is 400 g/mol. The van der Waals surface area contributed by atoms with Crippen molar-refractivity contribution in [2.45, 2.75) is 44.1 Å². The second-order valence-electron chi connectivity index (χ2n) is 8.37. The minimum Gasteiger partial charge on any atom is -0.457 e. The van der Waals surface area contributed by atoms with Crippen molar-refractivity contribution in [1.29, 1.82) is 0 Å². The molecule has 1 aliphatic heterocycles. The quantitative estimate of drug-likeness (QED) is 0.598. The number of benzene rings is 2. The predicted octanol–water partition coefficient (Wildman–Crippen LogP) is 5.88. The van der Waals surface area contributed by atoms with E-state index in [-0.39, 0.29) is 17.0 Å². The first-order chi connectivity index (χ1) is 13.0. The lowest BCUT2D eigenvalue weighted by molar-refractivity contribution is -0.245. The van der Waals surface area contributed by atoms with E-state index >= 15 is 0 Å². The summed E-state index contributed by atoms with van der Waals surface area (Å²) in [4.78, 5) is 12.6. The van der Waals surface area contributed by atoms with Gasteiger partial charge in [0.1, 0.15) is 11.0 Å². The van der Waals surface area contributed by atoms with Crippen LogP contribution in [-0.2, 0) is 22.4 Å². The highest BCUT2D eigenvalue weighted by atomic mass is 35.5. The van der Waals surface area contributed by atoms with Crippen molar-refractivity contribution < 1.29 is 9.53 Å². The van der Waals surface area contributed by atoms with Gasteiger partial charge in [0.2, 0.25) is 0 Å². The summed E-state index contributed by atoms with van der Waals surface area (Å²) in [6, 6.07) is 16.3. The summed E-state index contributed by atoms with van der Waals surface area (Å²) in [6.07, 6.45) is 5.82. The van der Waals surface area contributed by atoms with Crippen LogP contribution in [0.3, 0.4) is 0 Å². The van der Waals surface area contributed by atoms with Crippen LogP contribution in [0.15, 0.2) is 48.5 Å². The smallest absolute Gasteiger partial charge is 0.316 e. The number of hydrogen-bond acceptors (Lipinski definition) is 2. The Labute approximate surface area is 169 Å². The van der Waals surface area contributed by atoms with Crippen LogP contribution >= 0.6 is 23.2 Å². The SMILES string of the molecule is O=C1O[C@@]23[C@H](Cc4ccccc4)CC[C@@]12CC[C@H]3Cc1ccc(Cl)cc1Cl. The number of halogens is 2. The molecule has 0 bridgehead atoms. The predicted molar refractivity (Wildman–Crippen MR) is 107 cm³/mol. The van der Waals surface area contributed by atoms with Crippen molar-refractivity contribution in [3.05, 3.63) is 69.7 Å². The average Bonchev–Trinajstić information content (AvgIpc) is 3.04. The molecule has 2 aliphatic carbocycles. The first kappa shape index (κ1) is 17.6. The van der Waals surface area contributed by atoms with Crippen LogP contribution in [0.2, 0.25) is 10.0 Å². The van der Waals surface area contributed by atoms with E-state index in [4.69, 9.17) is 27.9 Å². The van der Waals surface area contributed by atoms with Gasteiger partial charge in [-0.3, -0.25) is 4.79 Å². The largest absolute Gasteiger partial charge is 0.457 e. The number of hydrogen-bond donors (Lipinski definition) is 0. The second kappa shape index (κ2) is 6.25. The minimum atomic E-state index is -0.317. The van der Waals surface area contributed by atoms with Crippen LogP contribution in [-0.4, -0.2) is 11.6 Å². The lowest BCUT2D eigenvalue weighted by Gasteiger charge is -2.54. The van der Waals surface area contributed by atoms with Gasteiger partial charge in [0.05, 0.1) is 0 Å².